The molecule has 0 spiro atoms. The number of likely N-dealkylation sites (N-methyl/N-ethyl adjacent to an activating group) is 1. The smallest absolute Gasteiger partial charge is 0.325 e. The number of hydrogen-bond donors (Lipinski definition) is 2. The first-order valence-corrected chi connectivity index (χ1v) is 6.54. The minimum atomic E-state index is -0.958. The Labute approximate surface area is 116 Å². The molecule has 0 aromatic heterocycles. The van der Waals surface area contributed by atoms with Crippen molar-refractivity contribution in [3.63, 3.8) is 0 Å². The largest absolute Gasteiger partial charge is 0.388 e. The van der Waals surface area contributed by atoms with Crippen molar-refractivity contribution in [3.05, 3.63) is 0 Å². The lowest BCUT2D eigenvalue weighted by Gasteiger charge is -2.35. The van der Waals surface area contributed by atoms with Gasteiger partial charge in [-0.3, -0.25) is 14.5 Å². The molecule has 2 saturated heterocycles. The third kappa shape index (κ3) is 3.26. The van der Waals surface area contributed by atoms with Crippen LogP contribution in [0.25, 0.3) is 0 Å². The number of imide groups is 1. The van der Waals surface area contributed by atoms with Gasteiger partial charge in [-0.25, -0.2) is 4.79 Å². The van der Waals surface area contributed by atoms with Crippen molar-refractivity contribution in [3.8, 4) is 0 Å². The van der Waals surface area contributed by atoms with E-state index in [9.17, 15) is 19.5 Å². The third-order valence-electron chi connectivity index (χ3n) is 3.61. The monoisotopic (exact) mass is 285 g/mol. The Bertz CT molecular complexity index is 403. The topological polar surface area (TPSA) is 99.2 Å². The van der Waals surface area contributed by atoms with E-state index in [1.165, 1.54) is 4.90 Å². The normalized spacial score (nSPS) is 21.8. The molecule has 0 bridgehead atoms. The maximum absolute atomic E-state index is 12.0. The number of ether oxygens (including phenoxy) is 1. The van der Waals surface area contributed by atoms with Crippen LogP contribution in [0.2, 0.25) is 0 Å². The fraction of sp³-hybridized carbons (Fsp3) is 0.750. The first-order valence-electron chi connectivity index (χ1n) is 6.54. The highest BCUT2D eigenvalue weighted by Gasteiger charge is 2.35. The Hall–Kier alpha value is -1.67. The number of carbonyl (C=O) groups excluding carboxylic acids is 3. The van der Waals surface area contributed by atoms with Crippen LogP contribution in [0.1, 0.15) is 12.8 Å². The van der Waals surface area contributed by atoms with Crippen molar-refractivity contribution in [2.75, 3.05) is 39.9 Å². The summed E-state index contributed by atoms with van der Waals surface area (Å²) >= 11 is 0. The first kappa shape index (κ1) is 14.7. The molecular formula is C12H19N3O5. The summed E-state index contributed by atoms with van der Waals surface area (Å²) in [7, 11) is 1.55. The third-order valence-corrected chi connectivity index (χ3v) is 3.61. The highest BCUT2D eigenvalue weighted by molar-refractivity contribution is 6.04. The number of nitrogens with zero attached hydrogens (tertiary/aromatic N) is 2. The van der Waals surface area contributed by atoms with E-state index < -0.39 is 17.5 Å². The molecule has 2 heterocycles. The minimum absolute atomic E-state index is 0.0723. The zero-order chi connectivity index (χ0) is 14.8. The van der Waals surface area contributed by atoms with E-state index in [-0.39, 0.29) is 25.5 Å². The van der Waals surface area contributed by atoms with Gasteiger partial charge in [0.05, 0.1) is 12.1 Å². The van der Waals surface area contributed by atoms with Crippen molar-refractivity contribution < 1.29 is 24.2 Å². The Balaban J connectivity index is 1.88. The van der Waals surface area contributed by atoms with Crippen LogP contribution in [-0.4, -0.2) is 78.2 Å². The van der Waals surface area contributed by atoms with Gasteiger partial charge < -0.3 is 20.1 Å². The van der Waals surface area contributed by atoms with Gasteiger partial charge in [0.1, 0.15) is 6.54 Å². The van der Waals surface area contributed by atoms with E-state index in [0.29, 0.717) is 26.1 Å². The van der Waals surface area contributed by atoms with Gasteiger partial charge in [0.2, 0.25) is 5.91 Å². The van der Waals surface area contributed by atoms with Crippen LogP contribution >= 0.6 is 0 Å². The van der Waals surface area contributed by atoms with Gasteiger partial charge in [0, 0.05) is 39.6 Å². The SMILES string of the molecule is CN(CC1(O)CCOCC1)C(=O)CN1C(=O)CNC1=O. The standard InChI is InChI=1S/C12H19N3O5/c1-14(8-12(19)2-4-20-5-3-12)10(17)7-15-9(16)6-13-11(15)18/h19H,2-8H2,1H3,(H,13,18). The van der Waals surface area contributed by atoms with Crippen molar-refractivity contribution in [2.24, 2.45) is 0 Å². The second-order valence-electron chi connectivity index (χ2n) is 5.23. The van der Waals surface area contributed by atoms with Gasteiger partial charge >= 0.3 is 6.03 Å². The van der Waals surface area contributed by atoms with Crippen LogP contribution in [0.3, 0.4) is 0 Å². The molecule has 0 atom stereocenters. The molecule has 0 aromatic carbocycles. The number of rotatable bonds is 4. The van der Waals surface area contributed by atoms with Crippen LogP contribution in [0.15, 0.2) is 0 Å². The maximum atomic E-state index is 12.0. The van der Waals surface area contributed by atoms with Crippen LogP contribution in [0.5, 0.6) is 0 Å². The lowest BCUT2D eigenvalue weighted by atomic mass is 9.94. The summed E-state index contributed by atoms with van der Waals surface area (Å²) in [5.41, 5.74) is -0.958. The lowest BCUT2D eigenvalue weighted by Crippen LogP contribution is -2.50. The molecule has 2 fully saturated rings. The number of nitrogens with one attached hydrogen (secondary N) is 1. The predicted octanol–water partition coefficient (Wildman–Crippen LogP) is -1.46. The molecule has 4 amide bonds. The van der Waals surface area contributed by atoms with E-state index in [1.807, 2.05) is 0 Å². The summed E-state index contributed by atoms with van der Waals surface area (Å²) in [6.45, 7) is 0.723. The summed E-state index contributed by atoms with van der Waals surface area (Å²) in [5.74, 6) is -0.795. The summed E-state index contributed by atoms with van der Waals surface area (Å²) in [6, 6.07) is -0.554. The van der Waals surface area contributed by atoms with Crippen molar-refractivity contribution >= 4 is 17.8 Å². The van der Waals surface area contributed by atoms with Gasteiger partial charge in [-0.15, -0.1) is 0 Å². The zero-order valence-corrected chi connectivity index (χ0v) is 11.4. The number of urea groups is 1. The van der Waals surface area contributed by atoms with Crippen molar-refractivity contribution in [2.45, 2.75) is 18.4 Å². The Morgan fingerprint density at radius 2 is 2.10 bits per heavy atom. The second kappa shape index (κ2) is 5.76. The number of carbonyl (C=O) groups is 3. The fourth-order valence-corrected chi connectivity index (χ4v) is 2.31. The first-order chi connectivity index (χ1) is 9.41. The Morgan fingerprint density at radius 1 is 1.45 bits per heavy atom. The van der Waals surface area contributed by atoms with Crippen LogP contribution < -0.4 is 5.32 Å². The van der Waals surface area contributed by atoms with E-state index in [0.717, 1.165) is 4.90 Å². The summed E-state index contributed by atoms with van der Waals surface area (Å²) in [6.07, 6.45) is 0.932. The lowest BCUT2D eigenvalue weighted by molar-refractivity contribution is -0.140. The van der Waals surface area contributed by atoms with Gasteiger partial charge in [0.15, 0.2) is 0 Å². The van der Waals surface area contributed by atoms with Crippen LogP contribution in [-0.2, 0) is 14.3 Å². The van der Waals surface area contributed by atoms with Crippen LogP contribution in [0, 0.1) is 0 Å². The average molecular weight is 285 g/mol. The number of hydrogen-bond acceptors (Lipinski definition) is 5. The predicted molar refractivity (Wildman–Crippen MR) is 67.8 cm³/mol. The molecule has 20 heavy (non-hydrogen) atoms. The molecule has 8 heteroatoms. The zero-order valence-electron chi connectivity index (χ0n) is 11.4. The second-order valence-corrected chi connectivity index (χ2v) is 5.23. The van der Waals surface area contributed by atoms with Gasteiger partial charge in [-0.1, -0.05) is 0 Å². The fourth-order valence-electron chi connectivity index (χ4n) is 2.31. The van der Waals surface area contributed by atoms with E-state index >= 15 is 0 Å². The van der Waals surface area contributed by atoms with Crippen LogP contribution in [0.4, 0.5) is 4.79 Å². The quantitative estimate of drug-likeness (QED) is 0.615. The molecule has 0 aromatic rings. The molecule has 2 rings (SSSR count). The van der Waals surface area contributed by atoms with E-state index in [1.54, 1.807) is 7.05 Å². The van der Waals surface area contributed by atoms with E-state index in [4.69, 9.17) is 4.74 Å². The molecule has 0 saturated carbocycles. The molecule has 112 valence electrons. The molecule has 0 aliphatic carbocycles. The molecular weight excluding hydrogens is 266 g/mol. The minimum Gasteiger partial charge on any atom is -0.388 e. The summed E-state index contributed by atoms with van der Waals surface area (Å²) in [4.78, 5) is 37.0. The van der Waals surface area contributed by atoms with Gasteiger partial charge in [0.25, 0.3) is 5.91 Å². The molecule has 2 N–H and O–H groups in total. The van der Waals surface area contributed by atoms with Crippen molar-refractivity contribution in [1.82, 2.24) is 15.1 Å². The number of amides is 4. The molecule has 2 aliphatic rings. The van der Waals surface area contributed by atoms with Gasteiger partial charge in [-0.2, -0.15) is 0 Å². The summed E-state index contributed by atoms with van der Waals surface area (Å²) in [5, 5.41) is 12.7. The maximum Gasteiger partial charge on any atom is 0.325 e. The Kier molecular flexibility index (Phi) is 4.24. The number of aliphatic hydroxyl groups is 1. The summed E-state index contributed by atoms with van der Waals surface area (Å²) < 4.78 is 5.17. The van der Waals surface area contributed by atoms with Gasteiger partial charge in [-0.05, 0) is 0 Å². The molecule has 2 aliphatic heterocycles. The average Bonchev–Trinajstić information content (AvgIpc) is 2.70. The highest BCUT2D eigenvalue weighted by Crippen LogP contribution is 2.21. The van der Waals surface area contributed by atoms with Crippen molar-refractivity contribution in [1.29, 1.82) is 0 Å². The molecule has 0 radical (unpaired) electrons. The van der Waals surface area contributed by atoms with E-state index in [2.05, 4.69) is 5.32 Å². The molecule has 0 unspecified atom stereocenters. The Morgan fingerprint density at radius 3 is 2.65 bits per heavy atom. The molecule has 8 nitrogen and oxygen atoms in total. The highest BCUT2D eigenvalue weighted by atomic mass is 16.5.